The smallest absolute Gasteiger partial charge is 0.288 e. The van der Waals surface area contributed by atoms with Crippen LogP contribution in [0.3, 0.4) is 0 Å². The van der Waals surface area contributed by atoms with Crippen LogP contribution in [0.1, 0.15) is 10.5 Å². The Morgan fingerprint density at radius 3 is 2.67 bits per heavy atom. The molecule has 0 saturated carbocycles. The number of carbonyl (C=O) groups is 1. The third-order valence-corrected chi connectivity index (χ3v) is 2.01. The number of nitrogens with zero attached hydrogens (tertiary/aromatic N) is 1. The molecule has 2 aromatic rings. The standard InChI is InChI=1S/C9H7N3O3/c13-8-6-4-2-1-3-5(6)7(10-11-8)9(14)12-15/h1-4,15H,(H,11,13)(H,12,14). The SMILES string of the molecule is O=C(NO)c1n[nH]c(=O)c2ccccc12. The molecule has 6 heteroatoms. The molecule has 76 valence electrons. The highest BCUT2D eigenvalue weighted by molar-refractivity contribution is 6.04. The fraction of sp³-hybridized carbons (Fsp3) is 0. The second-order valence-electron chi connectivity index (χ2n) is 2.89. The molecule has 1 heterocycles. The van der Waals surface area contributed by atoms with Crippen LogP contribution in [-0.2, 0) is 0 Å². The molecule has 0 saturated heterocycles. The van der Waals surface area contributed by atoms with Crippen molar-refractivity contribution in [2.45, 2.75) is 0 Å². The third-order valence-electron chi connectivity index (χ3n) is 2.01. The Morgan fingerprint density at radius 1 is 1.33 bits per heavy atom. The van der Waals surface area contributed by atoms with Gasteiger partial charge in [-0.15, -0.1) is 0 Å². The van der Waals surface area contributed by atoms with Gasteiger partial charge in [-0.05, 0) is 6.07 Å². The second kappa shape index (κ2) is 3.50. The summed E-state index contributed by atoms with van der Waals surface area (Å²) in [6.45, 7) is 0. The molecule has 0 radical (unpaired) electrons. The maximum atomic E-state index is 11.3. The molecular formula is C9H7N3O3. The molecule has 1 aromatic carbocycles. The van der Waals surface area contributed by atoms with Crippen molar-refractivity contribution >= 4 is 16.7 Å². The summed E-state index contributed by atoms with van der Waals surface area (Å²) < 4.78 is 0. The Bertz CT molecular complexity index is 576. The Morgan fingerprint density at radius 2 is 2.00 bits per heavy atom. The molecule has 0 aliphatic carbocycles. The first-order valence-corrected chi connectivity index (χ1v) is 4.16. The zero-order valence-corrected chi connectivity index (χ0v) is 7.52. The summed E-state index contributed by atoms with van der Waals surface area (Å²) in [5.41, 5.74) is 1.07. The fourth-order valence-electron chi connectivity index (χ4n) is 1.34. The lowest BCUT2D eigenvalue weighted by atomic mass is 10.1. The van der Waals surface area contributed by atoms with Gasteiger partial charge in [0.1, 0.15) is 0 Å². The Balaban J connectivity index is 2.83. The number of amides is 1. The quantitative estimate of drug-likeness (QED) is 0.452. The number of benzene rings is 1. The normalized spacial score (nSPS) is 10.2. The molecule has 0 atom stereocenters. The van der Waals surface area contributed by atoms with Crippen molar-refractivity contribution in [2.24, 2.45) is 0 Å². The molecule has 0 unspecified atom stereocenters. The first kappa shape index (κ1) is 9.35. The second-order valence-corrected chi connectivity index (χ2v) is 2.89. The topological polar surface area (TPSA) is 95.1 Å². The molecule has 0 bridgehead atoms. The van der Waals surface area contributed by atoms with E-state index in [-0.39, 0.29) is 11.3 Å². The van der Waals surface area contributed by atoms with Crippen LogP contribution in [0.25, 0.3) is 10.8 Å². The van der Waals surface area contributed by atoms with Gasteiger partial charge in [0.05, 0.1) is 5.39 Å². The predicted octanol–water partition coefficient (Wildman–Crippen LogP) is 0.0421. The summed E-state index contributed by atoms with van der Waals surface area (Å²) in [7, 11) is 0. The van der Waals surface area contributed by atoms with Crippen LogP contribution in [0.2, 0.25) is 0 Å². The van der Waals surface area contributed by atoms with E-state index in [4.69, 9.17) is 5.21 Å². The van der Waals surface area contributed by atoms with E-state index < -0.39 is 5.91 Å². The first-order valence-electron chi connectivity index (χ1n) is 4.16. The molecular weight excluding hydrogens is 198 g/mol. The highest BCUT2D eigenvalue weighted by Crippen LogP contribution is 2.11. The van der Waals surface area contributed by atoms with E-state index >= 15 is 0 Å². The number of nitrogens with one attached hydrogen (secondary N) is 2. The minimum absolute atomic E-state index is 0.0206. The summed E-state index contributed by atoms with van der Waals surface area (Å²) in [4.78, 5) is 22.5. The first-order chi connectivity index (χ1) is 7.24. The maximum Gasteiger partial charge on any atom is 0.295 e. The highest BCUT2D eigenvalue weighted by atomic mass is 16.5. The van der Waals surface area contributed by atoms with Crippen molar-refractivity contribution in [3.8, 4) is 0 Å². The highest BCUT2D eigenvalue weighted by Gasteiger charge is 2.12. The maximum absolute atomic E-state index is 11.3. The number of aromatic nitrogens is 2. The van der Waals surface area contributed by atoms with E-state index in [9.17, 15) is 9.59 Å². The molecule has 0 fully saturated rings. The Labute approximate surface area is 83.5 Å². The zero-order chi connectivity index (χ0) is 10.8. The summed E-state index contributed by atoms with van der Waals surface area (Å²) in [6.07, 6.45) is 0. The lowest BCUT2D eigenvalue weighted by molar-refractivity contribution is 0.0701. The van der Waals surface area contributed by atoms with E-state index in [2.05, 4.69) is 10.2 Å². The molecule has 1 aromatic heterocycles. The monoisotopic (exact) mass is 205 g/mol. The van der Waals surface area contributed by atoms with Gasteiger partial charge < -0.3 is 0 Å². The number of rotatable bonds is 1. The van der Waals surface area contributed by atoms with Crippen LogP contribution in [0, 0.1) is 0 Å². The number of hydrogen-bond donors (Lipinski definition) is 3. The van der Waals surface area contributed by atoms with Crippen molar-refractivity contribution < 1.29 is 10.0 Å². The summed E-state index contributed by atoms with van der Waals surface area (Å²) in [6, 6.07) is 6.52. The average Bonchev–Trinajstić information content (AvgIpc) is 2.29. The largest absolute Gasteiger partial charge is 0.295 e. The van der Waals surface area contributed by atoms with Crippen molar-refractivity contribution in [1.29, 1.82) is 0 Å². The van der Waals surface area contributed by atoms with Gasteiger partial charge in [-0.3, -0.25) is 14.8 Å². The predicted molar refractivity (Wildman–Crippen MR) is 51.6 cm³/mol. The number of carbonyl (C=O) groups excluding carboxylic acids is 1. The van der Waals surface area contributed by atoms with Crippen molar-refractivity contribution in [3.63, 3.8) is 0 Å². The van der Waals surface area contributed by atoms with Gasteiger partial charge >= 0.3 is 0 Å². The molecule has 1 amide bonds. The summed E-state index contributed by atoms with van der Waals surface area (Å²) in [5, 5.41) is 15.0. The minimum Gasteiger partial charge on any atom is -0.288 e. The molecule has 0 aliphatic rings. The summed E-state index contributed by atoms with van der Waals surface area (Å²) >= 11 is 0. The number of fused-ring (bicyclic) bond motifs is 1. The van der Waals surface area contributed by atoms with Crippen molar-refractivity contribution in [3.05, 3.63) is 40.3 Å². The summed E-state index contributed by atoms with van der Waals surface area (Å²) in [5.74, 6) is -0.762. The molecule has 0 aliphatic heterocycles. The van der Waals surface area contributed by atoms with E-state index in [1.54, 1.807) is 24.3 Å². The number of H-pyrrole nitrogens is 1. The van der Waals surface area contributed by atoms with Crippen LogP contribution < -0.4 is 11.0 Å². The lowest BCUT2D eigenvalue weighted by Gasteiger charge is -2.01. The fourth-order valence-corrected chi connectivity index (χ4v) is 1.34. The number of aromatic amines is 1. The minimum atomic E-state index is -0.762. The molecule has 0 spiro atoms. The van der Waals surface area contributed by atoms with E-state index in [1.807, 2.05) is 0 Å². The molecule has 3 N–H and O–H groups in total. The van der Waals surface area contributed by atoms with Crippen LogP contribution in [0.15, 0.2) is 29.1 Å². The van der Waals surface area contributed by atoms with Crippen molar-refractivity contribution in [2.75, 3.05) is 0 Å². The van der Waals surface area contributed by atoms with Crippen LogP contribution in [0.4, 0.5) is 0 Å². The van der Waals surface area contributed by atoms with E-state index in [0.29, 0.717) is 10.8 Å². The van der Waals surface area contributed by atoms with Crippen LogP contribution in [0.5, 0.6) is 0 Å². The molecule has 2 rings (SSSR count). The van der Waals surface area contributed by atoms with E-state index in [0.717, 1.165) is 0 Å². The average molecular weight is 205 g/mol. The number of hydroxylamine groups is 1. The van der Waals surface area contributed by atoms with Gasteiger partial charge in [0.15, 0.2) is 5.69 Å². The zero-order valence-electron chi connectivity index (χ0n) is 7.52. The van der Waals surface area contributed by atoms with Gasteiger partial charge in [-0.2, -0.15) is 5.10 Å². The molecule has 15 heavy (non-hydrogen) atoms. The number of hydrogen-bond acceptors (Lipinski definition) is 4. The van der Waals surface area contributed by atoms with Gasteiger partial charge in [0.25, 0.3) is 11.5 Å². The van der Waals surface area contributed by atoms with Gasteiger partial charge in [-0.25, -0.2) is 10.6 Å². The third kappa shape index (κ3) is 1.46. The van der Waals surface area contributed by atoms with Gasteiger partial charge in [-0.1, -0.05) is 18.2 Å². The van der Waals surface area contributed by atoms with Crippen molar-refractivity contribution in [1.82, 2.24) is 15.7 Å². The Kier molecular flexibility index (Phi) is 2.18. The Hall–Kier alpha value is -2.21. The van der Waals surface area contributed by atoms with Crippen LogP contribution >= 0.6 is 0 Å². The van der Waals surface area contributed by atoms with Crippen LogP contribution in [-0.4, -0.2) is 21.3 Å². The molecule has 6 nitrogen and oxygen atoms in total. The van der Waals surface area contributed by atoms with Gasteiger partial charge in [0.2, 0.25) is 0 Å². The lowest BCUT2D eigenvalue weighted by Crippen LogP contribution is -2.23. The van der Waals surface area contributed by atoms with E-state index in [1.165, 1.54) is 5.48 Å². The van der Waals surface area contributed by atoms with Gasteiger partial charge in [0, 0.05) is 5.39 Å².